The van der Waals surface area contributed by atoms with Crippen LogP contribution >= 0.6 is 23.4 Å². The van der Waals surface area contributed by atoms with Crippen LogP contribution in [0.3, 0.4) is 0 Å². The second-order valence-corrected chi connectivity index (χ2v) is 7.03. The number of halogens is 1. The van der Waals surface area contributed by atoms with Crippen LogP contribution in [0.4, 0.5) is 11.5 Å². The van der Waals surface area contributed by atoms with Crippen LogP contribution in [0, 0.1) is 17.0 Å². The average molecular weight is 387 g/mol. The summed E-state index contributed by atoms with van der Waals surface area (Å²) in [6, 6.07) is 15.0. The Morgan fingerprint density at radius 1 is 1.12 bits per heavy atom. The van der Waals surface area contributed by atoms with Gasteiger partial charge in [-0.2, -0.15) is 0 Å². The third kappa shape index (κ3) is 4.50. The van der Waals surface area contributed by atoms with Gasteiger partial charge in [0.1, 0.15) is 6.33 Å². The number of anilines is 1. The molecule has 132 valence electrons. The van der Waals surface area contributed by atoms with Crippen molar-refractivity contribution in [1.82, 2.24) is 9.97 Å². The van der Waals surface area contributed by atoms with Gasteiger partial charge in [0.05, 0.1) is 4.92 Å². The van der Waals surface area contributed by atoms with Crippen molar-refractivity contribution in [3.63, 3.8) is 0 Å². The van der Waals surface area contributed by atoms with Crippen molar-refractivity contribution >= 4 is 34.9 Å². The molecule has 0 radical (unpaired) electrons. The monoisotopic (exact) mass is 386 g/mol. The standard InChI is InChI=1S/C18H15ClN4O2S/c1-12-2-4-13(5-3-12)10-20-17-16(23(24)25)18(22-11-21-17)26-15-8-6-14(19)7-9-15/h2-9,11H,10H2,1H3,(H,20,21,22). The highest BCUT2D eigenvalue weighted by atomic mass is 35.5. The molecule has 0 amide bonds. The van der Waals surface area contributed by atoms with Gasteiger partial charge in [0, 0.05) is 16.5 Å². The number of hydrogen-bond donors (Lipinski definition) is 1. The maximum Gasteiger partial charge on any atom is 0.343 e. The molecule has 1 N–H and O–H groups in total. The number of nitrogens with zero attached hydrogens (tertiary/aromatic N) is 3. The maximum absolute atomic E-state index is 11.6. The molecule has 8 heteroatoms. The topological polar surface area (TPSA) is 81.0 Å². The summed E-state index contributed by atoms with van der Waals surface area (Å²) in [5.41, 5.74) is 2.03. The molecule has 0 fully saturated rings. The Hall–Kier alpha value is -2.64. The van der Waals surface area contributed by atoms with Crippen LogP contribution < -0.4 is 5.32 Å². The summed E-state index contributed by atoms with van der Waals surface area (Å²) in [6.07, 6.45) is 1.32. The fourth-order valence-corrected chi connectivity index (χ4v) is 3.23. The third-order valence-electron chi connectivity index (χ3n) is 3.58. The Morgan fingerprint density at radius 3 is 2.46 bits per heavy atom. The van der Waals surface area contributed by atoms with Gasteiger partial charge < -0.3 is 5.32 Å². The lowest BCUT2D eigenvalue weighted by Crippen LogP contribution is -2.06. The highest BCUT2D eigenvalue weighted by Gasteiger charge is 2.23. The van der Waals surface area contributed by atoms with Crippen molar-refractivity contribution in [3.8, 4) is 0 Å². The van der Waals surface area contributed by atoms with Gasteiger partial charge in [0.2, 0.25) is 5.82 Å². The van der Waals surface area contributed by atoms with Crippen LogP contribution in [0.2, 0.25) is 5.02 Å². The fraction of sp³-hybridized carbons (Fsp3) is 0.111. The van der Waals surface area contributed by atoms with Crippen molar-refractivity contribution in [2.75, 3.05) is 5.32 Å². The van der Waals surface area contributed by atoms with Gasteiger partial charge in [-0.25, -0.2) is 9.97 Å². The van der Waals surface area contributed by atoms with E-state index in [9.17, 15) is 10.1 Å². The lowest BCUT2D eigenvalue weighted by atomic mass is 10.1. The molecule has 6 nitrogen and oxygen atoms in total. The predicted octanol–water partition coefficient (Wildman–Crippen LogP) is 5.11. The van der Waals surface area contributed by atoms with Crippen molar-refractivity contribution in [2.45, 2.75) is 23.4 Å². The van der Waals surface area contributed by atoms with Crippen LogP contribution in [0.5, 0.6) is 0 Å². The van der Waals surface area contributed by atoms with Crippen LogP contribution in [-0.2, 0) is 6.54 Å². The van der Waals surface area contributed by atoms with Crippen molar-refractivity contribution < 1.29 is 4.92 Å². The first-order chi connectivity index (χ1) is 12.5. The molecule has 0 spiro atoms. The molecule has 3 rings (SSSR count). The summed E-state index contributed by atoms with van der Waals surface area (Å²) in [7, 11) is 0. The number of benzene rings is 2. The summed E-state index contributed by atoms with van der Waals surface area (Å²) in [5.74, 6) is 0.196. The Kier molecular flexibility index (Phi) is 5.70. The molecule has 0 atom stereocenters. The second-order valence-electron chi connectivity index (χ2n) is 5.53. The molecular weight excluding hydrogens is 372 g/mol. The summed E-state index contributed by atoms with van der Waals surface area (Å²) < 4.78 is 0. The van der Waals surface area contributed by atoms with Crippen LogP contribution in [0.1, 0.15) is 11.1 Å². The van der Waals surface area contributed by atoms with E-state index in [4.69, 9.17) is 11.6 Å². The molecule has 26 heavy (non-hydrogen) atoms. The molecule has 0 aliphatic heterocycles. The minimum atomic E-state index is -0.463. The zero-order chi connectivity index (χ0) is 18.5. The van der Waals surface area contributed by atoms with E-state index >= 15 is 0 Å². The molecule has 0 saturated carbocycles. The quantitative estimate of drug-likeness (QED) is 0.360. The minimum Gasteiger partial charge on any atom is -0.360 e. The fourth-order valence-electron chi connectivity index (χ4n) is 2.24. The lowest BCUT2D eigenvalue weighted by molar-refractivity contribution is -0.387. The van der Waals surface area contributed by atoms with Gasteiger partial charge in [0.25, 0.3) is 0 Å². The number of hydrogen-bond acceptors (Lipinski definition) is 6. The summed E-state index contributed by atoms with van der Waals surface area (Å²) in [4.78, 5) is 20.1. The van der Waals surface area contributed by atoms with Gasteiger partial charge in [0.15, 0.2) is 5.03 Å². The Bertz CT molecular complexity index is 917. The molecule has 0 aliphatic rings. The van der Waals surface area contributed by atoms with Crippen LogP contribution in [0.25, 0.3) is 0 Å². The number of aryl methyl sites for hydroxylation is 1. The van der Waals surface area contributed by atoms with E-state index < -0.39 is 4.92 Å². The zero-order valence-electron chi connectivity index (χ0n) is 13.8. The molecule has 1 heterocycles. The van der Waals surface area contributed by atoms with E-state index in [1.54, 1.807) is 24.3 Å². The maximum atomic E-state index is 11.6. The molecule has 0 unspecified atom stereocenters. The Balaban J connectivity index is 1.84. The normalized spacial score (nSPS) is 10.5. The molecule has 0 aliphatic carbocycles. The van der Waals surface area contributed by atoms with Crippen molar-refractivity contribution in [1.29, 1.82) is 0 Å². The van der Waals surface area contributed by atoms with Gasteiger partial charge >= 0.3 is 5.69 Å². The van der Waals surface area contributed by atoms with E-state index in [1.165, 1.54) is 18.1 Å². The molecule has 0 saturated heterocycles. The number of aromatic nitrogens is 2. The Labute approximate surface area is 159 Å². The van der Waals surface area contributed by atoms with E-state index in [0.29, 0.717) is 11.6 Å². The van der Waals surface area contributed by atoms with Crippen LogP contribution in [0.15, 0.2) is 64.8 Å². The molecule has 1 aromatic heterocycles. The van der Waals surface area contributed by atoms with Gasteiger partial charge in [-0.3, -0.25) is 10.1 Å². The predicted molar refractivity (Wildman–Crippen MR) is 103 cm³/mol. The van der Waals surface area contributed by atoms with Gasteiger partial charge in [-0.05, 0) is 36.8 Å². The first-order valence-corrected chi connectivity index (χ1v) is 8.94. The van der Waals surface area contributed by atoms with Gasteiger partial charge in [-0.1, -0.05) is 53.2 Å². The van der Waals surface area contributed by atoms with E-state index in [-0.39, 0.29) is 16.5 Å². The van der Waals surface area contributed by atoms with E-state index in [0.717, 1.165) is 16.0 Å². The number of nitrogens with one attached hydrogen (secondary N) is 1. The highest BCUT2D eigenvalue weighted by Crippen LogP contribution is 2.36. The second kappa shape index (κ2) is 8.16. The SMILES string of the molecule is Cc1ccc(CNc2ncnc(Sc3ccc(Cl)cc3)c2[N+](=O)[O-])cc1. The summed E-state index contributed by atoms with van der Waals surface area (Å²) in [6.45, 7) is 2.44. The summed E-state index contributed by atoms with van der Waals surface area (Å²) in [5, 5.41) is 15.5. The van der Waals surface area contributed by atoms with Crippen LogP contribution in [-0.4, -0.2) is 14.9 Å². The van der Waals surface area contributed by atoms with Crippen molar-refractivity contribution in [2.24, 2.45) is 0 Å². The molecule has 0 bridgehead atoms. The molecule has 2 aromatic carbocycles. The Morgan fingerprint density at radius 2 is 1.81 bits per heavy atom. The third-order valence-corrected chi connectivity index (χ3v) is 4.83. The first kappa shape index (κ1) is 18.2. The summed E-state index contributed by atoms with van der Waals surface area (Å²) >= 11 is 7.08. The van der Waals surface area contributed by atoms with Crippen molar-refractivity contribution in [3.05, 3.63) is 81.1 Å². The van der Waals surface area contributed by atoms with E-state index in [2.05, 4.69) is 15.3 Å². The molecular formula is C18H15ClN4O2S. The van der Waals surface area contributed by atoms with Gasteiger partial charge in [-0.15, -0.1) is 0 Å². The smallest absolute Gasteiger partial charge is 0.343 e. The number of rotatable bonds is 6. The minimum absolute atomic E-state index is 0.139. The average Bonchev–Trinajstić information content (AvgIpc) is 2.63. The largest absolute Gasteiger partial charge is 0.360 e. The first-order valence-electron chi connectivity index (χ1n) is 7.75. The lowest BCUT2D eigenvalue weighted by Gasteiger charge is -2.09. The number of nitro groups is 1. The van der Waals surface area contributed by atoms with E-state index in [1.807, 2.05) is 31.2 Å². The highest BCUT2D eigenvalue weighted by molar-refractivity contribution is 7.99. The molecule has 3 aromatic rings. The zero-order valence-corrected chi connectivity index (χ0v) is 15.4.